The molecule has 1 atom stereocenters. The Morgan fingerprint density at radius 3 is 2.67 bits per heavy atom. The molecule has 0 amide bonds. The van der Waals surface area contributed by atoms with Crippen molar-refractivity contribution in [3.05, 3.63) is 35.6 Å². The van der Waals surface area contributed by atoms with Gasteiger partial charge in [0.2, 0.25) is 0 Å². The molecule has 100 valence electrons. The van der Waals surface area contributed by atoms with Gasteiger partial charge in [-0.25, -0.2) is 4.39 Å². The zero-order chi connectivity index (χ0) is 13.0. The molecule has 1 aromatic rings. The van der Waals surface area contributed by atoms with Gasteiger partial charge in [0.1, 0.15) is 5.82 Å². The van der Waals surface area contributed by atoms with Gasteiger partial charge in [-0.2, -0.15) is 0 Å². The van der Waals surface area contributed by atoms with Gasteiger partial charge in [-0.1, -0.05) is 25.1 Å². The van der Waals surface area contributed by atoms with Crippen molar-refractivity contribution in [1.82, 2.24) is 5.32 Å². The van der Waals surface area contributed by atoms with Crippen LogP contribution in [0.1, 0.15) is 44.7 Å². The van der Waals surface area contributed by atoms with E-state index in [2.05, 4.69) is 12.2 Å². The number of nitrogens with one attached hydrogen (secondary N) is 1. The molecule has 1 unspecified atom stereocenters. The molecule has 0 saturated heterocycles. The third-order valence-electron chi connectivity index (χ3n) is 3.62. The fraction of sp³-hybridized carbons (Fsp3) is 0.600. The van der Waals surface area contributed by atoms with Gasteiger partial charge in [-0.05, 0) is 32.3 Å². The van der Waals surface area contributed by atoms with E-state index < -0.39 is 0 Å². The molecule has 0 aliphatic heterocycles. The van der Waals surface area contributed by atoms with E-state index >= 15 is 0 Å². The van der Waals surface area contributed by atoms with E-state index in [4.69, 9.17) is 4.74 Å². The molecule has 1 saturated carbocycles. The Bertz CT molecular complexity index is 377. The monoisotopic (exact) mass is 251 g/mol. The molecule has 3 heteroatoms. The van der Waals surface area contributed by atoms with E-state index in [-0.39, 0.29) is 11.9 Å². The number of halogens is 1. The lowest BCUT2D eigenvalue weighted by molar-refractivity contribution is -0.0126. The molecule has 1 aromatic carbocycles. The summed E-state index contributed by atoms with van der Waals surface area (Å²) >= 11 is 0. The van der Waals surface area contributed by atoms with Gasteiger partial charge in [0, 0.05) is 24.3 Å². The van der Waals surface area contributed by atoms with Crippen molar-refractivity contribution in [2.24, 2.45) is 0 Å². The van der Waals surface area contributed by atoms with Crippen LogP contribution in [0.15, 0.2) is 24.3 Å². The highest BCUT2D eigenvalue weighted by Gasteiger charge is 2.31. The molecule has 2 nitrogen and oxygen atoms in total. The summed E-state index contributed by atoms with van der Waals surface area (Å²) in [6, 6.07) is 7.61. The van der Waals surface area contributed by atoms with Crippen LogP contribution in [0.25, 0.3) is 0 Å². The number of benzene rings is 1. The van der Waals surface area contributed by atoms with Crippen LogP contribution in [0.3, 0.4) is 0 Å². The zero-order valence-corrected chi connectivity index (χ0v) is 11.2. The normalized spacial score (nSPS) is 24.6. The Morgan fingerprint density at radius 2 is 2.06 bits per heavy atom. The van der Waals surface area contributed by atoms with Crippen LogP contribution in [-0.2, 0) is 4.74 Å². The third kappa shape index (κ3) is 3.09. The van der Waals surface area contributed by atoms with Crippen LogP contribution < -0.4 is 5.32 Å². The first-order valence-corrected chi connectivity index (χ1v) is 6.86. The molecule has 0 heterocycles. The first-order chi connectivity index (χ1) is 8.74. The van der Waals surface area contributed by atoms with Crippen LogP contribution >= 0.6 is 0 Å². The maximum Gasteiger partial charge on any atom is 0.127 e. The number of rotatable bonds is 6. The molecule has 0 aromatic heterocycles. The highest BCUT2D eigenvalue weighted by Crippen LogP contribution is 2.28. The maximum atomic E-state index is 13.7. The fourth-order valence-corrected chi connectivity index (χ4v) is 2.54. The molecule has 0 spiro atoms. The molecule has 1 N–H and O–H groups in total. The van der Waals surface area contributed by atoms with Crippen molar-refractivity contribution in [3.8, 4) is 0 Å². The van der Waals surface area contributed by atoms with Crippen molar-refractivity contribution >= 4 is 0 Å². The molecule has 0 bridgehead atoms. The average Bonchev–Trinajstić information content (AvgIpc) is 2.33. The molecular formula is C15H22FNO. The van der Waals surface area contributed by atoms with E-state index in [9.17, 15) is 4.39 Å². The van der Waals surface area contributed by atoms with Gasteiger partial charge in [-0.3, -0.25) is 0 Å². The zero-order valence-electron chi connectivity index (χ0n) is 11.2. The molecule has 1 fully saturated rings. The Balaban J connectivity index is 1.89. The molecule has 1 aliphatic carbocycles. The number of ether oxygens (including phenoxy) is 1. The first-order valence-electron chi connectivity index (χ1n) is 6.86. The van der Waals surface area contributed by atoms with Gasteiger partial charge in [0.15, 0.2) is 0 Å². The minimum absolute atomic E-state index is 0.110. The molecule has 2 rings (SSSR count). The van der Waals surface area contributed by atoms with Crippen LogP contribution in [0.5, 0.6) is 0 Å². The molecule has 1 aliphatic rings. The molecule has 0 radical (unpaired) electrons. The lowest BCUT2D eigenvalue weighted by Gasteiger charge is -2.38. The van der Waals surface area contributed by atoms with Gasteiger partial charge in [-0.15, -0.1) is 0 Å². The summed E-state index contributed by atoms with van der Waals surface area (Å²) in [4.78, 5) is 0. The second-order valence-electron chi connectivity index (χ2n) is 4.89. The predicted molar refractivity (Wildman–Crippen MR) is 71.0 cm³/mol. The van der Waals surface area contributed by atoms with Crippen molar-refractivity contribution < 1.29 is 9.13 Å². The summed E-state index contributed by atoms with van der Waals surface area (Å²) < 4.78 is 19.3. The van der Waals surface area contributed by atoms with Crippen molar-refractivity contribution in [1.29, 1.82) is 0 Å². The molecule has 18 heavy (non-hydrogen) atoms. The Kier molecular flexibility index (Phi) is 4.72. The summed E-state index contributed by atoms with van der Waals surface area (Å²) in [5, 5.41) is 3.53. The predicted octanol–water partition coefficient (Wildman–Crippen LogP) is 3.43. The second-order valence-corrected chi connectivity index (χ2v) is 4.89. The van der Waals surface area contributed by atoms with E-state index in [0.29, 0.717) is 12.1 Å². The molecular weight excluding hydrogens is 229 g/mol. The number of hydrogen-bond donors (Lipinski definition) is 1. The quantitative estimate of drug-likeness (QED) is 0.836. The maximum absolute atomic E-state index is 13.7. The van der Waals surface area contributed by atoms with Gasteiger partial charge in [0.05, 0.1) is 6.10 Å². The average molecular weight is 251 g/mol. The smallest absolute Gasteiger partial charge is 0.127 e. The van der Waals surface area contributed by atoms with Crippen LogP contribution in [-0.4, -0.2) is 18.8 Å². The van der Waals surface area contributed by atoms with Gasteiger partial charge in [0.25, 0.3) is 0 Å². The topological polar surface area (TPSA) is 21.3 Å². The summed E-state index contributed by atoms with van der Waals surface area (Å²) in [7, 11) is 0. The van der Waals surface area contributed by atoms with Crippen LogP contribution in [0.2, 0.25) is 0 Å². The van der Waals surface area contributed by atoms with Crippen molar-refractivity contribution in [2.45, 2.75) is 51.3 Å². The summed E-state index contributed by atoms with van der Waals surface area (Å²) in [5.74, 6) is -0.113. The fourth-order valence-electron chi connectivity index (χ4n) is 2.54. The summed E-state index contributed by atoms with van der Waals surface area (Å²) in [6.07, 6.45) is 3.37. The van der Waals surface area contributed by atoms with Crippen molar-refractivity contribution in [2.75, 3.05) is 6.61 Å². The Hall–Kier alpha value is -0.930. The van der Waals surface area contributed by atoms with Gasteiger partial charge >= 0.3 is 0 Å². The summed E-state index contributed by atoms with van der Waals surface area (Å²) in [6.45, 7) is 4.89. The van der Waals surface area contributed by atoms with E-state index in [1.165, 1.54) is 6.07 Å². The van der Waals surface area contributed by atoms with E-state index in [0.717, 1.165) is 31.4 Å². The van der Waals surface area contributed by atoms with Crippen LogP contribution in [0, 0.1) is 5.82 Å². The standard InChI is InChI=1S/C15H22FNO/c1-3-15(13-7-5-6-8-14(13)16)17-11-9-12(10-11)18-4-2/h5-8,11-12,15,17H,3-4,9-10H2,1-2H3. The number of hydrogen-bond acceptors (Lipinski definition) is 2. The van der Waals surface area contributed by atoms with Crippen molar-refractivity contribution in [3.63, 3.8) is 0 Å². The highest BCUT2D eigenvalue weighted by molar-refractivity contribution is 5.21. The Labute approximate surface area is 109 Å². The van der Waals surface area contributed by atoms with E-state index in [1.807, 2.05) is 19.1 Å². The van der Waals surface area contributed by atoms with Crippen LogP contribution in [0.4, 0.5) is 4.39 Å². The third-order valence-corrected chi connectivity index (χ3v) is 3.62. The largest absolute Gasteiger partial charge is 0.378 e. The lowest BCUT2D eigenvalue weighted by atomic mass is 9.87. The SMILES string of the molecule is CCOC1CC(NC(CC)c2ccccc2F)C1. The van der Waals surface area contributed by atoms with E-state index in [1.54, 1.807) is 6.07 Å². The first kappa shape index (κ1) is 13.5. The Morgan fingerprint density at radius 1 is 1.33 bits per heavy atom. The summed E-state index contributed by atoms with van der Waals surface area (Å²) in [5.41, 5.74) is 0.778. The lowest BCUT2D eigenvalue weighted by Crippen LogP contribution is -2.46. The van der Waals surface area contributed by atoms with Gasteiger partial charge < -0.3 is 10.1 Å². The minimum Gasteiger partial charge on any atom is -0.378 e. The highest BCUT2D eigenvalue weighted by atomic mass is 19.1. The second kappa shape index (κ2) is 6.30. The minimum atomic E-state index is -0.113.